The lowest BCUT2D eigenvalue weighted by Crippen LogP contribution is -2.31. The van der Waals surface area contributed by atoms with Crippen LogP contribution < -0.4 is 5.32 Å². The van der Waals surface area contributed by atoms with Crippen LogP contribution in [0.1, 0.15) is 43.4 Å². The van der Waals surface area contributed by atoms with Crippen LogP contribution >= 0.6 is 0 Å². The standard InChI is InChI=1S/C14H21N/c1-3-12-8-9-15-14(10-12)13-7-5-4-6-11(13)2/h4-7,12,14-15H,3,8-10H2,1-2H3. The summed E-state index contributed by atoms with van der Waals surface area (Å²) in [6.45, 7) is 5.70. The third-order valence-electron chi connectivity index (χ3n) is 3.65. The summed E-state index contributed by atoms with van der Waals surface area (Å²) in [7, 11) is 0. The molecule has 1 aromatic carbocycles. The summed E-state index contributed by atoms with van der Waals surface area (Å²) < 4.78 is 0. The molecule has 1 heteroatoms. The highest BCUT2D eigenvalue weighted by molar-refractivity contribution is 5.29. The van der Waals surface area contributed by atoms with Gasteiger partial charge >= 0.3 is 0 Å². The highest BCUT2D eigenvalue weighted by atomic mass is 14.9. The van der Waals surface area contributed by atoms with Crippen molar-refractivity contribution in [2.45, 2.75) is 39.2 Å². The summed E-state index contributed by atoms with van der Waals surface area (Å²) >= 11 is 0. The monoisotopic (exact) mass is 203 g/mol. The average Bonchev–Trinajstić information content (AvgIpc) is 2.30. The SMILES string of the molecule is CCC1CCNC(c2ccccc2C)C1. The van der Waals surface area contributed by atoms with Crippen molar-refractivity contribution in [3.8, 4) is 0 Å². The van der Waals surface area contributed by atoms with Crippen molar-refractivity contribution in [2.24, 2.45) is 5.92 Å². The minimum absolute atomic E-state index is 0.588. The molecule has 1 heterocycles. The first-order valence-electron chi connectivity index (χ1n) is 6.10. The Morgan fingerprint density at radius 1 is 1.33 bits per heavy atom. The molecule has 1 aliphatic rings. The van der Waals surface area contributed by atoms with Gasteiger partial charge in [-0.2, -0.15) is 0 Å². The van der Waals surface area contributed by atoms with E-state index in [1.54, 1.807) is 0 Å². The van der Waals surface area contributed by atoms with E-state index in [4.69, 9.17) is 0 Å². The van der Waals surface area contributed by atoms with Crippen molar-refractivity contribution >= 4 is 0 Å². The van der Waals surface area contributed by atoms with Gasteiger partial charge in [-0.15, -0.1) is 0 Å². The van der Waals surface area contributed by atoms with Crippen molar-refractivity contribution in [3.05, 3.63) is 35.4 Å². The first-order valence-corrected chi connectivity index (χ1v) is 6.10. The molecule has 1 aliphatic heterocycles. The van der Waals surface area contributed by atoms with Crippen LogP contribution in [-0.2, 0) is 0 Å². The summed E-state index contributed by atoms with van der Waals surface area (Å²) in [5.74, 6) is 0.913. The van der Waals surface area contributed by atoms with E-state index in [1.807, 2.05) is 0 Å². The molecule has 1 N–H and O–H groups in total. The molecule has 0 bridgehead atoms. The predicted octanol–water partition coefficient (Wildman–Crippen LogP) is 3.45. The van der Waals surface area contributed by atoms with E-state index in [2.05, 4.69) is 43.4 Å². The summed E-state index contributed by atoms with van der Waals surface area (Å²) in [6.07, 6.45) is 3.98. The third-order valence-corrected chi connectivity index (χ3v) is 3.65. The minimum atomic E-state index is 0.588. The van der Waals surface area contributed by atoms with E-state index in [0.717, 1.165) is 5.92 Å². The lowest BCUT2D eigenvalue weighted by molar-refractivity contribution is 0.298. The highest BCUT2D eigenvalue weighted by Crippen LogP contribution is 2.30. The van der Waals surface area contributed by atoms with Crippen LogP contribution in [0.4, 0.5) is 0 Å². The van der Waals surface area contributed by atoms with Gasteiger partial charge in [0.25, 0.3) is 0 Å². The number of hydrogen-bond donors (Lipinski definition) is 1. The van der Waals surface area contributed by atoms with E-state index < -0.39 is 0 Å². The molecule has 1 aromatic rings. The summed E-state index contributed by atoms with van der Waals surface area (Å²) in [4.78, 5) is 0. The fraction of sp³-hybridized carbons (Fsp3) is 0.571. The second-order valence-corrected chi connectivity index (χ2v) is 4.66. The molecule has 15 heavy (non-hydrogen) atoms. The van der Waals surface area contributed by atoms with Crippen molar-refractivity contribution in [2.75, 3.05) is 6.54 Å². The number of piperidine rings is 1. The zero-order valence-corrected chi connectivity index (χ0v) is 9.79. The second-order valence-electron chi connectivity index (χ2n) is 4.66. The van der Waals surface area contributed by atoms with E-state index in [-0.39, 0.29) is 0 Å². The van der Waals surface area contributed by atoms with Gasteiger partial charge in [0.1, 0.15) is 0 Å². The molecule has 1 nitrogen and oxygen atoms in total. The first kappa shape index (κ1) is 10.7. The topological polar surface area (TPSA) is 12.0 Å². The van der Waals surface area contributed by atoms with Crippen LogP contribution in [-0.4, -0.2) is 6.54 Å². The zero-order chi connectivity index (χ0) is 10.7. The average molecular weight is 203 g/mol. The number of rotatable bonds is 2. The minimum Gasteiger partial charge on any atom is -0.310 e. The van der Waals surface area contributed by atoms with Crippen LogP contribution in [0.3, 0.4) is 0 Å². The molecule has 0 aliphatic carbocycles. The van der Waals surface area contributed by atoms with E-state index in [1.165, 1.54) is 36.9 Å². The van der Waals surface area contributed by atoms with E-state index >= 15 is 0 Å². The van der Waals surface area contributed by atoms with Crippen LogP contribution in [0.25, 0.3) is 0 Å². The number of hydrogen-bond acceptors (Lipinski definition) is 1. The van der Waals surface area contributed by atoms with Crippen LogP contribution in [0.15, 0.2) is 24.3 Å². The van der Waals surface area contributed by atoms with Crippen molar-refractivity contribution in [3.63, 3.8) is 0 Å². The Balaban J connectivity index is 2.13. The summed E-state index contributed by atoms with van der Waals surface area (Å²) in [5.41, 5.74) is 2.92. The molecule has 1 fully saturated rings. The molecular weight excluding hydrogens is 182 g/mol. The predicted molar refractivity (Wildman–Crippen MR) is 64.9 cm³/mol. The van der Waals surface area contributed by atoms with Crippen LogP contribution in [0, 0.1) is 12.8 Å². The maximum absolute atomic E-state index is 3.64. The maximum Gasteiger partial charge on any atom is 0.0325 e. The lowest BCUT2D eigenvalue weighted by Gasteiger charge is -2.31. The smallest absolute Gasteiger partial charge is 0.0325 e. The Labute approximate surface area is 92.9 Å². The van der Waals surface area contributed by atoms with Gasteiger partial charge in [-0.05, 0) is 43.4 Å². The van der Waals surface area contributed by atoms with Gasteiger partial charge in [-0.3, -0.25) is 0 Å². The molecule has 0 amide bonds. The lowest BCUT2D eigenvalue weighted by atomic mass is 9.86. The molecular formula is C14H21N. The number of benzene rings is 1. The molecule has 2 unspecified atom stereocenters. The van der Waals surface area contributed by atoms with Gasteiger partial charge in [-0.1, -0.05) is 37.6 Å². The summed E-state index contributed by atoms with van der Waals surface area (Å²) in [5, 5.41) is 3.64. The second kappa shape index (κ2) is 4.80. The van der Waals surface area contributed by atoms with Gasteiger partial charge in [0.05, 0.1) is 0 Å². The van der Waals surface area contributed by atoms with Crippen molar-refractivity contribution in [1.29, 1.82) is 0 Å². The Bertz CT molecular complexity index is 319. The molecule has 0 spiro atoms. The summed E-state index contributed by atoms with van der Waals surface area (Å²) in [6, 6.07) is 9.35. The highest BCUT2D eigenvalue weighted by Gasteiger charge is 2.22. The maximum atomic E-state index is 3.64. The van der Waals surface area contributed by atoms with Gasteiger partial charge in [0.2, 0.25) is 0 Å². The van der Waals surface area contributed by atoms with Gasteiger partial charge in [0.15, 0.2) is 0 Å². The Morgan fingerprint density at radius 3 is 2.87 bits per heavy atom. The fourth-order valence-electron chi connectivity index (χ4n) is 2.58. The molecule has 0 radical (unpaired) electrons. The van der Waals surface area contributed by atoms with Gasteiger partial charge < -0.3 is 5.32 Å². The number of nitrogens with one attached hydrogen (secondary N) is 1. The Hall–Kier alpha value is -0.820. The Morgan fingerprint density at radius 2 is 2.13 bits per heavy atom. The molecule has 1 saturated heterocycles. The number of aryl methyl sites for hydroxylation is 1. The fourth-order valence-corrected chi connectivity index (χ4v) is 2.58. The van der Waals surface area contributed by atoms with Crippen molar-refractivity contribution in [1.82, 2.24) is 5.32 Å². The van der Waals surface area contributed by atoms with Crippen LogP contribution in [0.5, 0.6) is 0 Å². The van der Waals surface area contributed by atoms with Gasteiger partial charge in [0, 0.05) is 6.04 Å². The molecule has 0 aromatic heterocycles. The van der Waals surface area contributed by atoms with E-state index in [0.29, 0.717) is 6.04 Å². The normalized spacial score (nSPS) is 26.5. The third kappa shape index (κ3) is 2.40. The Kier molecular flexibility index (Phi) is 3.42. The zero-order valence-electron chi connectivity index (χ0n) is 9.79. The first-order chi connectivity index (χ1) is 7.31. The quantitative estimate of drug-likeness (QED) is 0.776. The van der Waals surface area contributed by atoms with E-state index in [9.17, 15) is 0 Å². The molecule has 2 atom stereocenters. The largest absolute Gasteiger partial charge is 0.310 e. The van der Waals surface area contributed by atoms with Crippen molar-refractivity contribution < 1.29 is 0 Å². The van der Waals surface area contributed by atoms with Gasteiger partial charge in [-0.25, -0.2) is 0 Å². The van der Waals surface area contributed by atoms with Crippen LogP contribution in [0.2, 0.25) is 0 Å². The molecule has 0 saturated carbocycles. The molecule has 82 valence electrons. The molecule has 2 rings (SSSR count).